The molecule has 1 aromatic rings. The van der Waals surface area contributed by atoms with Crippen molar-refractivity contribution < 1.29 is 9.66 Å². The summed E-state index contributed by atoms with van der Waals surface area (Å²) in [5.74, 6) is 0.321. The highest BCUT2D eigenvalue weighted by Crippen LogP contribution is 2.31. The van der Waals surface area contributed by atoms with E-state index in [0.29, 0.717) is 13.1 Å². The molecule has 2 atom stereocenters. The van der Waals surface area contributed by atoms with Gasteiger partial charge in [-0.25, -0.2) is 4.98 Å². The first kappa shape index (κ1) is 13.5. The molecule has 2 N–H and O–H groups in total. The van der Waals surface area contributed by atoms with Crippen LogP contribution in [0.4, 0.5) is 17.5 Å². The minimum absolute atomic E-state index is 0.0140. The largest absolute Gasteiger partial charge is 0.372 e. The third-order valence-electron chi connectivity index (χ3n) is 2.96. The van der Waals surface area contributed by atoms with Crippen LogP contribution in [0.15, 0.2) is 0 Å². The minimum Gasteiger partial charge on any atom is -0.372 e. The Bertz CT molecular complexity index is 497. The van der Waals surface area contributed by atoms with Crippen molar-refractivity contribution in [3.8, 4) is 0 Å². The van der Waals surface area contributed by atoms with Crippen LogP contribution in [0.3, 0.4) is 0 Å². The molecule has 19 heavy (non-hydrogen) atoms. The molecule has 0 aliphatic carbocycles. The zero-order valence-corrected chi connectivity index (χ0v) is 11.2. The third-order valence-corrected chi connectivity index (χ3v) is 2.96. The lowest BCUT2D eigenvalue weighted by atomic mass is 10.2. The molecule has 1 aliphatic heterocycles. The van der Waals surface area contributed by atoms with E-state index < -0.39 is 4.92 Å². The minimum atomic E-state index is -0.463. The van der Waals surface area contributed by atoms with E-state index in [4.69, 9.17) is 10.5 Å². The Morgan fingerprint density at radius 1 is 1.37 bits per heavy atom. The van der Waals surface area contributed by atoms with E-state index in [0.717, 1.165) is 0 Å². The van der Waals surface area contributed by atoms with Crippen molar-refractivity contribution in [1.29, 1.82) is 0 Å². The first-order valence-electron chi connectivity index (χ1n) is 6.07. The number of morpholine rings is 1. The van der Waals surface area contributed by atoms with E-state index in [1.807, 2.05) is 18.7 Å². The van der Waals surface area contributed by atoms with Gasteiger partial charge >= 0.3 is 5.69 Å². The van der Waals surface area contributed by atoms with Gasteiger partial charge in [-0.05, 0) is 20.8 Å². The Morgan fingerprint density at radius 2 is 1.95 bits per heavy atom. The maximum atomic E-state index is 11.2. The molecule has 0 spiro atoms. The third kappa shape index (κ3) is 2.73. The van der Waals surface area contributed by atoms with Crippen LogP contribution < -0.4 is 10.6 Å². The summed E-state index contributed by atoms with van der Waals surface area (Å²) in [6.07, 6.45) is -0.0281. The van der Waals surface area contributed by atoms with Crippen molar-refractivity contribution in [3.05, 3.63) is 15.8 Å². The van der Waals surface area contributed by atoms with Gasteiger partial charge in [-0.15, -0.1) is 0 Å². The average Bonchev–Trinajstić information content (AvgIpc) is 2.25. The molecule has 8 heteroatoms. The van der Waals surface area contributed by atoms with E-state index in [1.54, 1.807) is 6.92 Å². The number of anilines is 2. The fraction of sp³-hybridized carbons (Fsp3) is 0.636. The second-order valence-corrected chi connectivity index (χ2v) is 4.76. The van der Waals surface area contributed by atoms with Gasteiger partial charge in [0.1, 0.15) is 5.69 Å². The number of rotatable bonds is 2. The fourth-order valence-electron chi connectivity index (χ4n) is 2.36. The smallest absolute Gasteiger partial charge is 0.332 e. The van der Waals surface area contributed by atoms with Crippen LogP contribution >= 0.6 is 0 Å². The predicted molar refractivity (Wildman–Crippen MR) is 70.1 cm³/mol. The molecule has 2 heterocycles. The molecule has 1 fully saturated rings. The van der Waals surface area contributed by atoms with Crippen molar-refractivity contribution >= 4 is 17.5 Å². The lowest BCUT2D eigenvalue weighted by Gasteiger charge is -2.35. The van der Waals surface area contributed by atoms with Crippen molar-refractivity contribution in [2.75, 3.05) is 23.7 Å². The van der Waals surface area contributed by atoms with Gasteiger partial charge < -0.3 is 15.4 Å². The lowest BCUT2D eigenvalue weighted by molar-refractivity contribution is -0.385. The number of nitrogens with zero attached hydrogens (tertiary/aromatic N) is 4. The molecular formula is C11H17N5O3. The highest BCUT2D eigenvalue weighted by molar-refractivity contribution is 5.62. The van der Waals surface area contributed by atoms with Gasteiger partial charge in [-0.3, -0.25) is 10.1 Å². The Morgan fingerprint density at radius 3 is 2.47 bits per heavy atom. The first-order chi connectivity index (χ1) is 8.88. The highest BCUT2D eigenvalue weighted by atomic mass is 16.6. The van der Waals surface area contributed by atoms with E-state index in [9.17, 15) is 10.1 Å². The van der Waals surface area contributed by atoms with Gasteiger partial charge in [-0.1, -0.05) is 0 Å². The number of ether oxygens (including phenoxy) is 1. The Balaban J connectivity index is 2.45. The van der Waals surface area contributed by atoms with E-state index in [1.165, 1.54) is 0 Å². The molecule has 1 aromatic heterocycles. The van der Waals surface area contributed by atoms with Crippen molar-refractivity contribution in [3.63, 3.8) is 0 Å². The zero-order chi connectivity index (χ0) is 14.2. The molecule has 0 bridgehead atoms. The normalized spacial score (nSPS) is 23.4. The number of aromatic nitrogens is 2. The van der Waals surface area contributed by atoms with Crippen LogP contribution in [-0.2, 0) is 4.74 Å². The average molecular weight is 267 g/mol. The SMILES string of the molecule is Cc1nc(N)nc(N2C[C@@H](C)O[C@@H](C)C2)c1[N+](=O)[O-]. The van der Waals surface area contributed by atoms with Crippen LogP contribution in [0, 0.1) is 17.0 Å². The van der Waals surface area contributed by atoms with Crippen molar-refractivity contribution in [2.45, 2.75) is 33.0 Å². The Hall–Kier alpha value is -1.96. The fourth-order valence-corrected chi connectivity index (χ4v) is 2.36. The number of nitro groups is 1. The standard InChI is InChI=1S/C11H17N5O3/c1-6-4-15(5-7(2)19-6)10-9(16(17)18)8(3)13-11(12)14-10/h6-7H,4-5H2,1-3H3,(H2,12,13,14)/t6-,7+. The molecule has 0 amide bonds. The monoisotopic (exact) mass is 267 g/mol. The van der Waals surface area contributed by atoms with Gasteiger partial charge in [0.25, 0.3) is 0 Å². The second-order valence-electron chi connectivity index (χ2n) is 4.76. The molecule has 0 unspecified atom stereocenters. The van der Waals surface area contributed by atoms with Crippen LogP contribution in [0.5, 0.6) is 0 Å². The Kier molecular flexibility index (Phi) is 3.52. The number of nitrogen functional groups attached to an aromatic ring is 1. The van der Waals surface area contributed by atoms with Crippen molar-refractivity contribution in [2.24, 2.45) is 0 Å². The summed E-state index contributed by atoms with van der Waals surface area (Å²) in [4.78, 5) is 20.5. The van der Waals surface area contributed by atoms with E-state index in [-0.39, 0.29) is 35.4 Å². The van der Waals surface area contributed by atoms with Crippen LogP contribution in [0.25, 0.3) is 0 Å². The number of aryl methyl sites for hydroxylation is 1. The summed E-state index contributed by atoms with van der Waals surface area (Å²) in [7, 11) is 0. The summed E-state index contributed by atoms with van der Waals surface area (Å²) in [6, 6.07) is 0. The molecule has 0 aromatic carbocycles. The highest BCUT2D eigenvalue weighted by Gasteiger charge is 2.31. The van der Waals surface area contributed by atoms with Crippen LogP contribution in [0.1, 0.15) is 19.5 Å². The summed E-state index contributed by atoms with van der Waals surface area (Å²) in [5.41, 5.74) is 5.79. The Labute approximate surface area is 110 Å². The molecule has 1 saturated heterocycles. The summed E-state index contributed by atoms with van der Waals surface area (Å²) in [5, 5.41) is 11.2. The number of hydrogen-bond acceptors (Lipinski definition) is 7. The number of hydrogen-bond donors (Lipinski definition) is 1. The molecular weight excluding hydrogens is 250 g/mol. The summed E-state index contributed by atoms with van der Waals surface area (Å²) in [6.45, 7) is 6.49. The number of nitrogens with two attached hydrogens (primary N) is 1. The van der Waals surface area contributed by atoms with Gasteiger partial charge in [0, 0.05) is 13.1 Å². The van der Waals surface area contributed by atoms with Crippen molar-refractivity contribution in [1.82, 2.24) is 9.97 Å². The molecule has 0 saturated carbocycles. The summed E-state index contributed by atoms with van der Waals surface area (Å²) < 4.78 is 5.61. The lowest BCUT2D eigenvalue weighted by Crippen LogP contribution is -2.46. The van der Waals surface area contributed by atoms with Gasteiger partial charge in [-0.2, -0.15) is 4.98 Å². The second kappa shape index (κ2) is 4.96. The van der Waals surface area contributed by atoms with E-state index in [2.05, 4.69) is 9.97 Å². The molecule has 0 radical (unpaired) electrons. The van der Waals surface area contributed by atoms with Gasteiger partial charge in [0.2, 0.25) is 11.8 Å². The topological polar surface area (TPSA) is 107 Å². The zero-order valence-electron chi connectivity index (χ0n) is 11.2. The molecule has 104 valence electrons. The molecule has 2 rings (SSSR count). The molecule has 1 aliphatic rings. The predicted octanol–water partition coefficient (Wildman–Crippen LogP) is 0.889. The van der Waals surface area contributed by atoms with Crippen LogP contribution in [-0.4, -0.2) is 40.2 Å². The van der Waals surface area contributed by atoms with Gasteiger partial charge in [0.05, 0.1) is 17.1 Å². The first-order valence-corrected chi connectivity index (χ1v) is 6.07. The van der Waals surface area contributed by atoms with Crippen LogP contribution in [0.2, 0.25) is 0 Å². The maximum Gasteiger partial charge on any atom is 0.332 e. The maximum absolute atomic E-state index is 11.2. The quantitative estimate of drug-likeness (QED) is 0.626. The molecule has 8 nitrogen and oxygen atoms in total. The van der Waals surface area contributed by atoms with E-state index >= 15 is 0 Å². The summed E-state index contributed by atoms with van der Waals surface area (Å²) >= 11 is 0. The van der Waals surface area contributed by atoms with Gasteiger partial charge in [0.15, 0.2) is 0 Å².